The van der Waals surface area contributed by atoms with Gasteiger partial charge in [0.2, 0.25) is 0 Å². The lowest BCUT2D eigenvalue weighted by atomic mass is 10.0. The molecule has 0 saturated carbocycles. The van der Waals surface area contributed by atoms with E-state index in [1.807, 2.05) is 31.3 Å². The number of nitrogens with zero attached hydrogens (tertiary/aromatic N) is 2. The zero-order valence-electron chi connectivity index (χ0n) is 15.0. The van der Waals surface area contributed by atoms with E-state index >= 15 is 0 Å². The monoisotopic (exact) mass is 325 g/mol. The normalized spacial score (nSPS) is 10.7. The number of pyridine rings is 1. The van der Waals surface area contributed by atoms with E-state index in [9.17, 15) is 4.79 Å². The molecule has 2 rings (SSSR count). The minimum Gasteiger partial charge on any atom is -0.360 e. The minimum absolute atomic E-state index is 0.101. The summed E-state index contributed by atoms with van der Waals surface area (Å²) in [5.74, 6) is 1.08. The van der Waals surface area contributed by atoms with Crippen LogP contribution in [-0.4, -0.2) is 24.5 Å². The number of hydrogen-bond acceptors (Lipinski definition) is 3. The highest BCUT2D eigenvalue weighted by molar-refractivity contribution is 6.05. The number of carbonyl (C=O) groups excluding carboxylic acids is 1. The Labute approximate surface area is 144 Å². The van der Waals surface area contributed by atoms with Crippen LogP contribution in [0.25, 0.3) is 0 Å². The van der Waals surface area contributed by atoms with Crippen LogP contribution in [0.1, 0.15) is 55.5 Å². The molecule has 0 aliphatic carbocycles. The van der Waals surface area contributed by atoms with Crippen molar-refractivity contribution in [1.29, 1.82) is 0 Å². The number of nitrogens with one attached hydrogen (secondary N) is 1. The molecule has 0 saturated heterocycles. The number of hydrogen-bond donors (Lipinski definition) is 1. The standard InChI is InChI=1S/C20H27N3O/c1-5-6-13-23(4)19-14-16(11-12-21-19)20(24)22-18-10-8-7-9-17(18)15(2)3/h7-12,14-15H,5-6,13H2,1-4H3,(H,22,24). The summed E-state index contributed by atoms with van der Waals surface area (Å²) in [5.41, 5.74) is 2.64. The summed E-state index contributed by atoms with van der Waals surface area (Å²) in [6.45, 7) is 7.35. The largest absolute Gasteiger partial charge is 0.360 e. The fourth-order valence-corrected chi connectivity index (χ4v) is 2.59. The quantitative estimate of drug-likeness (QED) is 0.803. The number of carbonyl (C=O) groups is 1. The molecule has 0 radical (unpaired) electrons. The van der Waals surface area contributed by atoms with Crippen molar-refractivity contribution in [3.63, 3.8) is 0 Å². The molecule has 0 atom stereocenters. The second kappa shape index (κ2) is 8.48. The van der Waals surface area contributed by atoms with Crippen LogP contribution in [0.3, 0.4) is 0 Å². The van der Waals surface area contributed by atoms with Crippen LogP contribution in [0, 0.1) is 0 Å². The maximum Gasteiger partial charge on any atom is 0.255 e. The summed E-state index contributed by atoms with van der Waals surface area (Å²) < 4.78 is 0. The van der Waals surface area contributed by atoms with Crippen molar-refractivity contribution in [1.82, 2.24) is 4.98 Å². The maximum atomic E-state index is 12.6. The fraction of sp³-hybridized carbons (Fsp3) is 0.400. The minimum atomic E-state index is -0.101. The smallest absolute Gasteiger partial charge is 0.255 e. The molecule has 0 aliphatic rings. The molecular formula is C20H27N3O. The Morgan fingerprint density at radius 1 is 1.25 bits per heavy atom. The van der Waals surface area contributed by atoms with Crippen molar-refractivity contribution in [3.05, 3.63) is 53.7 Å². The summed E-state index contributed by atoms with van der Waals surface area (Å²) >= 11 is 0. The topological polar surface area (TPSA) is 45.2 Å². The summed E-state index contributed by atoms with van der Waals surface area (Å²) in [4.78, 5) is 19.1. The molecule has 4 heteroatoms. The third-order valence-corrected chi connectivity index (χ3v) is 4.08. The van der Waals surface area contributed by atoms with Crippen molar-refractivity contribution < 1.29 is 4.79 Å². The van der Waals surface area contributed by atoms with E-state index in [1.165, 1.54) is 0 Å². The van der Waals surface area contributed by atoms with Crippen LogP contribution in [-0.2, 0) is 0 Å². The molecule has 0 aliphatic heterocycles. The lowest BCUT2D eigenvalue weighted by molar-refractivity contribution is 0.102. The Morgan fingerprint density at radius 3 is 2.71 bits per heavy atom. The van der Waals surface area contributed by atoms with E-state index in [2.05, 4.69) is 42.0 Å². The molecule has 2 aromatic rings. The van der Waals surface area contributed by atoms with Gasteiger partial charge in [-0.15, -0.1) is 0 Å². The van der Waals surface area contributed by atoms with Gasteiger partial charge in [0, 0.05) is 31.0 Å². The van der Waals surface area contributed by atoms with Gasteiger partial charge in [-0.25, -0.2) is 4.98 Å². The molecule has 0 fully saturated rings. The average molecular weight is 325 g/mol. The van der Waals surface area contributed by atoms with Gasteiger partial charge >= 0.3 is 0 Å². The van der Waals surface area contributed by atoms with Crippen LogP contribution in [0.5, 0.6) is 0 Å². The molecular weight excluding hydrogens is 298 g/mol. The molecule has 1 amide bonds. The third-order valence-electron chi connectivity index (χ3n) is 4.08. The van der Waals surface area contributed by atoms with Crippen molar-refractivity contribution >= 4 is 17.4 Å². The molecule has 1 N–H and O–H groups in total. The fourth-order valence-electron chi connectivity index (χ4n) is 2.59. The van der Waals surface area contributed by atoms with Crippen LogP contribution < -0.4 is 10.2 Å². The zero-order valence-corrected chi connectivity index (χ0v) is 15.0. The SMILES string of the molecule is CCCCN(C)c1cc(C(=O)Nc2ccccc2C(C)C)ccn1. The second-order valence-electron chi connectivity index (χ2n) is 6.37. The van der Waals surface area contributed by atoms with E-state index in [0.29, 0.717) is 11.5 Å². The Morgan fingerprint density at radius 2 is 2.00 bits per heavy atom. The van der Waals surface area contributed by atoms with Crippen LogP contribution in [0.4, 0.5) is 11.5 Å². The van der Waals surface area contributed by atoms with Gasteiger partial charge in [0.25, 0.3) is 5.91 Å². The van der Waals surface area contributed by atoms with Crippen LogP contribution in [0.15, 0.2) is 42.6 Å². The molecule has 0 spiro atoms. The summed E-state index contributed by atoms with van der Waals surface area (Å²) in [7, 11) is 2.01. The molecule has 1 aromatic heterocycles. The second-order valence-corrected chi connectivity index (χ2v) is 6.37. The summed E-state index contributed by atoms with van der Waals surface area (Å²) in [5, 5.41) is 3.03. The summed E-state index contributed by atoms with van der Waals surface area (Å²) in [6, 6.07) is 11.5. The number of rotatable bonds is 7. The highest BCUT2D eigenvalue weighted by atomic mass is 16.1. The molecule has 24 heavy (non-hydrogen) atoms. The lowest BCUT2D eigenvalue weighted by Crippen LogP contribution is -2.20. The Hall–Kier alpha value is -2.36. The molecule has 4 nitrogen and oxygen atoms in total. The Bertz CT molecular complexity index is 682. The van der Waals surface area contributed by atoms with Crippen molar-refractivity contribution in [2.24, 2.45) is 0 Å². The van der Waals surface area contributed by atoms with Crippen LogP contribution >= 0.6 is 0 Å². The van der Waals surface area contributed by atoms with Gasteiger partial charge in [-0.2, -0.15) is 0 Å². The van der Waals surface area contributed by atoms with Gasteiger partial charge in [0.1, 0.15) is 5.82 Å². The first-order chi connectivity index (χ1) is 11.5. The van der Waals surface area contributed by atoms with Gasteiger partial charge in [0.15, 0.2) is 0 Å². The van der Waals surface area contributed by atoms with E-state index < -0.39 is 0 Å². The predicted octanol–water partition coefficient (Wildman–Crippen LogP) is 4.69. The first kappa shape index (κ1) is 18.0. The summed E-state index contributed by atoms with van der Waals surface area (Å²) in [6.07, 6.45) is 3.94. The predicted molar refractivity (Wildman–Crippen MR) is 101 cm³/mol. The van der Waals surface area contributed by atoms with Crippen molar-refractivity contribution in [2.45, 2.75) is 39.5 Å². The molecule has 1 heterocycles. The lowest BCUT2D eigenvalue weighted by Gasteiger charge is -2.18. The van der Waals surface area contributed by atoms with Crippen molar-refractivity contribution in [3.8, 4) is 0 Å². The molecule has 0 unspecified atom stereocenters. The first-order valence-electron chi connectivity index (χ1n) is 8.60. The van der Waals surface area contributed by atoms with Gasteiger partial charge in [-0.05, 0) is 36.1 Å². The van der Waals surface area contributed by atoms with E-state index in [-0.39, 0.29) is 5.91 Å². The number of anilines is 2. The van der Waals surface area contributed by atoms with Gasteiger partial charge in [-0.1, -0.05) is 45.4 Å². The van der Waals surface area contributed by atoms with Crippen molar-refractivity contribution in [2.75, 3.05) is 23.8 Å². The van der Waals surface area contributed by atoms with Gasteiger partial charge < -0.3 is 10.2 Å². The number of benzene rings is 1. The highest BCUT2D eigenvalue weighted by Crippen LogP contribution is 2.24. The van der Waals surface area contributed by atoms with E-state index in [1.54, 1.807) is 12.3 Å². The number of aromatic nitrogens is 1. The van der Waals surface area contributed by atoms with E-state index in [4.69, 9.17) is 0 Å². The van der Waals surface area contributed by atoms with Gasteiger partial charge in [0.05, 0.1) is 0 Å². The number of amides is 1. The van der Waals surface area contributed by atoms with Crippen LogP contribution in [0.2, 0.25) is 0 Å². The molecule has 1 aromatic carbocycles. The number of unbranched alkanes of at least 4 members (excludes halogenated alkanes) is 1. The van der Waals surface area contributed by atoms with E-state index in [0.717, 1.165) is 36.5 Å². The Kier molecular flexibility index (Phi) is 6.36. The zero-order chi connectivity index (χ0) is 17.5. The average Bonchev–Trinajstić information content (AvgIpc) is 2.60. The molecule has 0 bridgehead atoms. The molecule has 128 valence electrons. The first-order valence-corrected chi connectivity index (χ1v) is 8.60. The Balaban J connectivity index is 2.16. The van der Waals surface area contributed by atoms with Gasteiger partial charge in [-0.3, -0.25) is 4.79 Å². The maximum absolute atomic E-state index is 12.6. The highest BCUT2D eigenvalue weighted by Gasteiger charge is 2.12. The number of para-hydroxylation sites is 1. The third kappa shape index (κ3) is 4.57.